The van der Waals surface area contributed by atoms with Gasteiger partial charge in [0.05, 0.1) is 6.26 Å². The molecular formula is C8H11N3O. The molecule has 1 atom stereocenters. The quantitative estimate of drug-likeness (QED) is 0.384. The summed E-state index contributed by atoms with van der Waals surface area (Å²) in [6, 6.07) is 3.82. The van der Waals surface area contributed by atoms with Gasteiger partial charge in [-0.1, -0.05) is 12.0 Å². The molecule has 64 valence electrons. The summed E-state index contributed by atoms with van der Waals surface area (Å²) in [7, 11) is 0. The molecule has 0 fully saturated rings. The van der Waals surface area contributed by atoms with Crippen molar-refractivity contribution in [1.29, 1.82) is 0 Å². The molecule has 0 spiro atoms. The molecule has 0 amide bonds. The Hall–Kier alpha value is -1.41. The summed E-state index contributed by atoms with van der Waals surface area (Å²) in [5.74, 6) is 0.940. The van der Waals surface area contributed by atoms with Gasteiger partial charge < -0.3 is 4.42 Å². The van der Waals surface area contributed by atoms with Crippen molar-refractivity contribution in [3.05, 3.63) is 34.6 Å². The first-order valence-corrected chi connectivity index (χ1v) is 3.89. The molecule has 1 aromatic rings. The minimum Gasteiger partial charge on any atom is -0.469 e. The molecule has 0 N–H and O–H groups in total. The maximum absolute atomic E-state index is 8.13. The molecular weight excluding hydrogens is 154 g/mol. The number of nitrogens with zero attached hydrogens (tertiary/aromatic N) is 3. The van der Waals surface area contributed by atoms with E-state index in [1.165, 1.54) is 0 Å². The van der Waals surface area contributed by atoms with Crippen molar-refractivity contribution in [3.63, 3.8) is 0 Å². The Labute approximate surface area is 70.8 Å². The molecule has 0 radical (unpaired) electrons. The van der Waals surface area contributed by atoms with E-state index in [2.05, 4.69) is 10.0 Å². The van der Waals surface area contributed by atoms with E-state index in [0.717, 1.165) is 18.6 Å². The summed E-state index contributed by atoms with van der Waals surface area (Å²) in [5.41, 5.74) is 8.13. The number of aryl methyl sites for hydroxylation is 1. The number of rotatable bonds is 4. The molecule has 4 heteroatoms. The Morgan fingerprint density at radius 1 is 1.75 bits per heavy atom. The highest BCUT2D eigenvalue weighted by molar-refractivity contribution is 4.98. The fraction of sp³-hybridized carbons (Fsp3) is 0.500. The monoisotopic (exact) mass is 165 g/mol. The molecule has 1 heterocycles. The standard InChI is InChI=1S/C8H11N3O/c1-7(10-11-9)4-5-8-3-2-6-12-8/h2-3,6-7H,4-5H2,1H3/t7-/m0/s1. The van der Waals surface area contributed by atoms with Crippen LogP contribution in [0.4, 0.5) is 0 Å². The van der Waals surface area contributed by atoms with Crippen LogP contribution in [0.25, 0.3) is 10.4 Å². The molecule has 12 heavy (non-hydrogen) atoms. The number of furan rings is 1. The summed E-state index contributed by atoms with van der Waals surface area (Å²) in [6.07, 6.45) is 3.30. The normalized spacial score (nSPS) is 12.1. The second-order valence-electron chi connectivity index (χ2n) is 2.67. The van der Waals surface area contributed by atoms with Crippen molar-refractivity contribution in [2.75, 3.05) is 0 Å². The fourth-order valence-corrected chi connectivity index (χ4v) is 0.952. The van der Waals surface area contributed by atoms with Gasteiger partial charge in [0.1, 0.15) is 5.76 Å². The minimum atomic E-state index is 0.0418. The van der Waals surface area contributed by atoms with E-state index >= 15 is 0 Å². The SMILES string of the molecule is C[C@@H](CCc1ccco1)N=[N+]=[N-]. The van der Waals surface area contributed by atoms with Crippen LogP contribution in [-0.2, 0) is 6.42 Å². The molecule has 0 unspecified atom stereocenters. The van der Waals surface area contributed by atoms with Gasteiger partial charge in [-0.05, 0) is 24.1 Å². The van der Waals surface area contributed by atoms with Gasteiger partial charge in [-0.25, -0.2) is 0 Å². The minimum absolute atomic E-state index is 0.0418. The van der Waals surface area contributed by atoms with E-state index in [1.807, 2.05) is 19.1 Å². The summed E-state index contributed by atoms with van der Waals surface area (Å²) < 4.78 is 5.13. The van der Waals surface area contributed by atoms with Crippen LogP contribution in [0, 0.1) is 0 Å². The lowest BCUT2D eigenvalue weighted by Gasteiger charge is -2.00. The molecule has 0 bridgehead atoms. The molecule has 4 nitrogen and oxygen atoms in total. The van der Waals surface area contributed by atoms with E-state index in [1.54, 1.807) is 6.26 Å². The predicted octanol–water partition coefficient (Wildman–Crippen LogP) is 2.91. The predicted molar refractivity (Wildman–Crippen MR) is 45.6 cm³/mol. The lowest BCUT2D eigenvalue weighted by atomic mass is 10.2. The van der Waals surface area contributed by atoms with Gasteiger partial charge in [0.25, 0.3) is 0 Å². The highest BCUT2D eigenvalue weighted by Gasteiger charge is 2.00. The summed E-state index contributed by atoms with van der Waals surface area (Å²) >= 11 is 0. The largest absolute Gasteiger partial charge is 0.469 e. The van der Waals surface area contributed by atoms with Crippen LogP contribution < -0.4 is 0 Å². The van der Waals surface area contributed by atoms with Gasteiger partial charge in [0, 0.05) is 17.4 Å². The Morgan fingerprint density at radius 3 is 3.17 bits per heavy atom. The van der Waals surface area contributed by atoms with Gasteiger partial charge >= 0.3 is 0 Å². The van der Waals surface area contributed by atoms with Crippen LogP contribution in [0.3, 0.4) is 0 Å². The molecule has 0 saturated heterocycles. The van der Waals surface area contributed by atoms with Crippen molar-refractivity contribution in [2.45, 2.75) is 25.8 Å². The summed E-state index contributed by atoms with van der Waals surface area (Å²) in [4.78, 5) is 2.73. The number of hydrogen-bond donors (Lipinski definition) is 0. The third kappa shape index (κ3) is 2.68. The van der Waals surface area contributed by atoms with Crippen molar-refractivity contribution >= 4 is 0 Å². The van der Waals surface area contributed by atoms with Gasteiger partial charge in [-0.15, -0.1) is 0 Å². The van der Waals surface area contributed by atoms with Crippen LogP contribution in [0.2, 0.25) is 0 Å². The highest BCUT2D eigenvalue weighted by Crippen LogP contribution is 2.07. The summed E-state index contributed by atoms with van der Waals surface area (Å²) in [5, 5.41) is 3.56. The topological polar surface area (TPSA) is 61.9 Å². The Kier molecular flexibility index (Phi) is 3.23. The van der Waals surface area contributed by atoms with Crippen LogP contribution in [0.15, 0.2) is 27.9 Å². The zero-order chi connectivity index (χ0) is 8.81. The molecule has 0 saturated carbocycles. The Morgan fingerprint density at radius 2 is 2.58 bits per heavy atom. The van der Waals surface area contributed by atoms with Gasteiger partial charge in [0.2, 0.25) is 0 Å². The van der Waals surface area contributed by atoms with Crippen LogP contribution in [0.1, 0.15) is 19.1 Å². The Balaban J connectivity index is 2.31. The van der Waals surface area contributed by atoms with Gasteiger partial charge in [-0.2, -0.15) is 0 Å². The van der Waals surface area contributed by atoms with E-state index in [0.29, 0.717) is 0 Å². The number of azide groups is 1. The zero-order valence-corrected chi connectivity index (χ0v) is 6.97. The molecule has 0 aliphatic heterocycles. The lowest BCUT2D eigenvalue weighted by Crippen LogP contribution is -1.97. The summed E-state index contributed by atoms with van der Waals surface area (Å²) in [6.45, 7) is 1.89. The van der Waals surface area contributed by atoms with Crippen molar-refractivity contribution in [1.82, 2.24) is 0 Å². The van der Waals surface area contributed by atoms with Crippen LogP contribution in [0.5, 0.6) is 0 Å². The first-order valence-electron chi connectivity index (χ1n) is 3.89. The van der Waals surface area contributed by atoms with Crippen LogP contribution in [-0.4, -0.2) is 6.04 Å². The van der Waals surface area contributed by atoms with Crippen molar-refractivity contribution in [3.8, 4) is 0 Å². The molecule has 0 aliphatic carbocycles. The first kappa shape index (κ1) is 8.68. The molecule has 1 aromatic heterocycles. The zero-order valence-electron chi connectivity index (χ0n) is 6.97. The van der Waals surface area contributed by atoms with E-state index < -0.39 is 0 Å². The smallest absolute Gasteiger partial charge is 0.103 e. The van der Waals surface area contributed by atoms with E-state index in [4.69, 9.17) is 9.95 Å². The lowest BCUT2D eigenvalue weighted by molar-refractivity contribution is 0.490. The third-order valence-corrected chi connectivity index (χ3v) is 1.64. The highest BCUT2D eigenvalue weighted by atomic mass is 16.3. The maximum Gasteiger partial charge on any atom is 0.103 e. The Bertz CT molecular complexity index is 262. The van der Waals surface area contributed by atoms with E-state index in [9.17, 15) is 0 Å². The third-order valence-electron chi connectivity index (χ3n) is 1.64. The maximum atomic E-state index is 8.13. The first-order chi connectivity index (χ1) is 5.83. The van der Waals surface area contributed by atoms with Crippen LogP contribution >= 0.6 is 0 Å². The second kappa shape index (κ2) is 4.46. The average Bonchev–Trinajstić information content (AvgIpc) is 2.53. The van der Waals surface area contributed by atoms with Gasteiger partial charge in [-0.3, -0.25) is 0 Å². The molecule has 1 rings (SSSR count). The molecule has 0 aliphatic rings. The van der Waals surface area contributed by atoms with Crippen molar-refractivity contribution < 1.29 is 4.42 Å². The van der Waals surface area contributed by atoms with Crippen molar-refractivity contribution in [2.24, 2.45) is 5.11 Å². The second-order valence-corrected chi connectivity index (χ2v) is 2.67. The molecule has 0 aromatic carbocycles. The fourth-order valence-electron chi connectivity index (χ4n) is 0.952. The average molecular weight is 165 g/mol. The number of hydrogen-bond acceptors (Lipinski definition) is 2. The van der Waals surface area contributed by atoms with Gasteiger partial charge in [0.15, 0.2) is 0 Å². The van der Waals surface area contributed by atoms with E-state index in [-0.39, 0.29) is 6.04 Å².